The Kier molecular flexibility index (Phi) is 7.59. The Morgan fingerprint density at radius 1 is 1.37 bits per heavy atom. The summed E-state index contributed by atoms with van der Waals surface area (Å²) in [5.74, 6) is -3.11. The normalized spacial score (nSPS) is 16.6. The first-order chi connectivity index (χ1) is 11.8. The van der Waals surface area contributed by atoms with Crippen LogP contribution in [0.25, 0.3) is 10.9 Å². The molecule has 1 aromatic carbocycles. The molecular formula is C17H21Cl2F2N3O3. The highest BCUT2D eigenvalue weighted by atomic mass is 35.5. The van der Waals surface area contributed by atoms with Gasteiger partial charge in [-0.25, -0.2) is 13.6 Å². The van der Waals surface area contributed by atoms with Gasteiger partial charge in [-0.1, -0.05) is 0 Å². The largest absolute Gasteiger partial charge is 0.477 e. The van der Waals surface area contributed by atoms with E-state index in [2.05, 4.69) is 5.32 Å². The third kappa shape index (κ3) is 4.02. The van der Waals surface area contributed by atoms with Gasteiger partial charge in [0.1, 0.15) is 17.1 Å². The Morgan fingerprint density at radius 2 is 2.04 bits per heavy atom. The van der Waals surface area contributed by atoms with E-state index in [1.54, 1.807) is 11.8 Å². The zero-order valence-electron chi connectivity index (χ0n) is 14.8. The van der Waals surface area contributed by atoms with Gasteiger partial charge in [-0.15, -0.1) is 24.8 Å². The van der Waals surface area contributed by atoms with Crippen LogP contribution >= 0.6 is 24.8 Å². The molecule has 6 nitrogen and oxygen atoms in total. The molecule has 150 valence electrons. The second kappa shape index (κ2) is 8.86. The van der Waals surface area contributed by atoms with Crippen molar-refractivity contribution in [3.05, 3.63) is 39.7 Å². The molecule has 1 atom stereocenters. The molecule has 2 N–H and O–H groups in total. The Morgan fingerprint density at radius 3 is 2.59 bits per heavy atom. The van der Waals surface area contributed by atoms with E-state index in [0.29, 0.717) is 19.6 Å². The number of halogens is 4. The maximum Gasteiger partial charge on any atom is 0.341 e. The number of rotatable bonds is 3. The van der Waals surface area contributed by atoms with Gasteiger partial charge in [-0.2, -0.15) is 0 Å². The van der Waals surface area contributed by atoms with E-state index in [9.17, 15) is 14.0 Å². The predicted molar refractivity (Wildman–Crippen MR) is 105 cm³/mol. The summed E-state index contributed by atoms with van der Waals surface area (Å²) < 4.78 is 31.2. The van der Waals surface area contributed by atoms with E-state index in [1.165, 1.54) is 4.57 Å². The topological polar surface area (TPSA) is 74.6 Å². The average molecular weight is 424 g/mol. The molecule has 2 aromatic rings. The minimum absolute atomic E-state index is 0. The first-order valence-electron chi connectivity index (χ1n) is 8.11. The van der Waals surface area contributed by atoms with Crippen LogP contribution < -0.4 is 15.6 Å². The van der Waals surface area contributed by atoms with E-state index in [-0.39, 0.29) is 54.0 Å². The zero-order valence-corrected chi connectivity index (χ0v) is 16.4. The van der Waals surface area contributed by atoms with Gasteiger partial charge in [0.25, 0.3) is 0 Å². The number of anilines is 1. The number of fused-ring (bicyclic) bond motifs is 1. The molecule has 0 radical (unpaired) electrons. The Bertz CT molecular complexity index is 921. The van der Waals surface area contributed by atoms with Crippen LogP contribution in [0, 0.1) is 11.6 Å². The second-order valence-corrected chi connectivity index (χ2v) is 6.18. The van der Waals surface area contributed by atoms with Gasteiger partial charge in [-0.05, 0) is 19.9 Å². The molecule has 1 aliphatic heterocycles. The number of benzene rings is 1. The van der Waals surface area contributed by atoms with E-state index < -0.39 is 28.6 Å². The highest BCUT2D eigenvalue weighted by molar-refractivity contribution is 5.93. The third-order valence-electron chi connectivity index (χ3n) is 4.49. The van der Waals surface area contributed by atoms with Crippen LogP contribution in [0.3, 0.4) is 0 Å². The SMILES string of the molecule is CCn1cc(C(=O)O)c(=O)c2cc(F)c(N3CCNC(C)C3)c(F)c21.Cl.Cl. The van der Waals surface area contributed by atoms with Crippen molar-refractivity contribution >= 4 is 47.4 Å². The maximum atomic E-state index is 15.2. The fourth-order valence-corrected chi connectivity index (χ4v) is 3.30. The van der Waals surface area contributed by atoms with Crippen molar-refractivity contribution in [2.24, 2.45) is 0 Å². The fourth-order valence-electron chi connectivity index (χ4n) is 3.30. The highest BCUT2D eigenvalue weighted by Crippen LogP contribution is 2.30. The summed E-state index contributed by atoms with van der Waals surface area (Å²) in [6, 6.07) is 1.02. The van der Waals surface area contributed by atoms with E-state index >= 15 is 4.39 Å². The van der Waals surface area contributed by atoms with Crippen LogP contribution in [0.15, 0.2) is 17.1 Å². The summed E-state index contributed by atoms with van der Waals surface area (Å²) in [4.78, 5) is 25.2. The van der Waals surface area contributed by atoms with Crippen molar-refractivity contribution < 1.29 is 18.7 Å². The predicted octanol–water partition coefficient (Wildman–Crippen LogP) is 2.64. The molecule has 1 fully saturated rings. The number of aromatic carboxylic acids is 1. The standard InChI is InChI=1S/C17H19F2N3O3.2ClH/c1-3-21-8-11(17(24)25)16(23)10-6-12(18)15(13(19)14(10)21)22-5-4-20-9(2)7-22;;/h6,8-9,20H,3-5,7H2,1-2H3,(H,24,25);2*1H. The number of nitrogens with zero attached hydrogens (tertiary/aromatic N) is 2. The minimum Gasteiger partial charge on any atom is -0.477 e. The van der Waals surface area contributed by atoms with Crippen molar-refractivity contribution in [2.75, 3.05) is 24.5 Å². The van der Waals surface area contributed by atoms with Gasteiger partial charge in [0.15, 0.2) is 5.82 Å². The first-order valence-corrected chi connectivity index (χ1v) is 8.11. The average Bonchev–Trinajstić information content (AvgIpc) is 2.55. The van der Waals surface area contributed by atoms with Gasteiger partial charge in [0, 0.05) is 38.4 Å². The molecule has 10 heteroatoms. The Balaban J connectivity index is 0.00000182. The molecule has 1 unspecified atom stereocenters. The number of carboxylic acids is 1. The molecule has 0 aliphatic carbocycles. The summed E-state index contributed by atoms with van der Waals surface area (Å²) >= 11 is 0. The van der Waals surface area contributed by atoms with Crippen LogP contribution in [0.2, 0.25) is 0 Å². The summed E-state index contributed by atoms with van der Waals surface area (Å²) in [5, 5.41) is 12.1. The van der Waals surface area contributed by atoms with Gasteiger partial charge < -0.3 is 19.9 Å². The van der Waals surface area contributed by atoms with Gasteiger partial charge >= 0.3 is 5.97 Å². The number of pyridine rings is 1. The molecule has 1 saturated heterocycles. The number of aromatic nitrogens is 1. The van der Waals surface area contributed by atoms with Crippen LogP contribution in [-0.2, 0) is 6.54 Å². The monoisotopic (exact) mass is 423 g/mol. The lowest BCUT2D eigenvalue weighted by atomic mass is 10.1. The molecule has 2 heterocycles. The molecule has 27 heavy (non-hydrogen) atoms. The van der Waals surface area contributed by atoms with Crippen LogP contribution in [0.5, 0.6) is 0 Å². The third-order valence-corrected chi connectivity index (χ3v) is 4.49. The van der Waals surface area contributed by atoms with Crippen molar-refractivity contribution in [1.82, 2.24) is 9.88 Å². The quantitative estimate of drug-likeness (QED) is 0.793. The van der Waals surface area contributed by atoms with Gasteiger partial charge in [0.05, 0.1) is 10.9 Å². The molecule has 1 aromatic heterocycles. The van der Waals surface area contributed by atoms with E-state index in [1.807, 2.05) is 6.92 Å². The van der Waals surface area contributed by atoms with Crippen LogP contribution in [-0.4, -0.2) is 41.3 Å². The van der Waals surface area contributed by atoms with Crippen LogP contribution in [0.1, 0.15) is 24.2 Å². The summed E-state index contributed by atoms with van der Waals surface area (Å²) in [6.07, 6.45) is 1.11. The summed E-state index contributed by atoms with van der Waals surface area (Å²) in [5.41, 5.74) is -1.63. The zero-order chi connectivity index (χ0) is 18.3. The summed E-state index contributed by atoms with van der Waals surface area (Å²) in [7, 11) is 0. The molecule has 0 spiro atoms. The van der Waals surface area contributed by atoms with Crippen molar-refractivity contribution in [2.45, 2.75) is 26.4 Å². The number of nitrogens with one attached hydrogen (secondary N) is 1. The number of piperazine rings is 1. The van der Waals surface area contributed by atoms with Crippen molar-refractivity contribution in [1.29, 1.82) is 0 Å². The number of aryl methyl sites for hydroxylation is 1. The molecular weight excluding hydrogens is 403 g/mol. The summed E-state index contributed by atoms with van der Waals surface area (Å²) in [6.45, 7) is 5.33. The minimum atomic E-state index is -1.42. The maximum absolute atomic E-state index is 15.2. The molecule has 3 rings (SSSR count). The smallest absolute Gasteiger partial charge is 0.341 e. The first kappa shape index (κ1) is 23.1. The molecule has 1 aliphatic rings. The number of carboxylic acid groups (broad SMARTS) is 1. The van der Waals surface area contributed by atoms with Crippen LogP contribution in [0.4, 0.5) is 14.5 Å². The van der Waals surface area contributed by atoms with Crippen molar-refractivity contribution in [3.8, 4) is 0 Å². The van der Waals surface area contributed by atoms with Gasteiger partial charge in [0.2, 0.25) is 5.43 Å². The molecule has 0 saturated carbocycles. The highest BCUT2D eigenvalue weighted by Gasteiger charge is 2.26. The lowest BCUT2D eigenvalue weighted by Gasteiger charge is -2.34. The van der Waals surface area contributed by atoms with E-state index in [4.69, 9.17) is 5.11 Å². The number of carbonyl (C=O) groups is 1. The Hall–Kier alpha value is -1.90. The second-order valence-electron chi connectivity index (χ2n) is 6.18. The Labute approximate surface area is 167 Å². The molecule has 0 amide bonds. The lowest BCUT2D eigenvalue weighted by Crippen LogP contribution is -2.49. The number of hydrogen-bond acceptors (Lipinski definition) is 4. The van der Waals surface area contributed by atoms with Crippen molar-refractivity contribution in [3.63, 3.8) is 0 Å². The lowest BCUT2D eigenvalue weighted by molar-refractivity contribution is 0.0695. The van der Waals surface area contributed by atoms with E-state index in [0.717, 1.165) is 12.3 Å². The molecule has 0 bridgehead atoms. The fraction of sp³-hybridized carbons (Fsp3) is 0.412. The van der Waals surface area contributed by atoms with Gasteiger partial charge in [-0.3, -0.25) is 4.79 Å². The number of hydrogen-bond donors (Lipinski definition) is 2.